The number of halogens is 3. The fourth-order valence-corrected chi connectivity index (χ4v) is 3.11. The van der Waals surface area contributed by atoms with Crippen LogP contribution in [0.5, 0.6) is 0 Å². The van der Waals surface area contributed by atoms with Gasteiger partial charge in [0.25, 0.3) is 0 Å². The first-order chi connectivity index (χ1) is 13.3. The molecule has 140 valence electrons. The van der Waals surface area contributed by atoms with Gasteiger partial charge in [0.15, 0.2) is 11.7 Å². The van der Waals surface area contributed by atoms with Crippen LogP contribution in [-0.2, 0) is 12.7 Å². The molecule has 1 N–H and O–H groups in total. The SMILES string of the molecule is Cc1ccccc1Cn1c(=O)[nH]c2[n+]#cc(-c3cccc(C(F)(F)F)c3)cc21. The van der Waals surface area contributed by atoms with E-state index >= 15 is 0 Å². The molecule has 0 aliphatic rings. The van der Waals surface area contributed by atoms with Crippen molar-refractivity contribution in [2.45, 2.75) is 19.6 Å². The number of nitrogens with zero attached hydrogens (tertiary/aromatic N) is 2. The molecule has 28 heavy (non-hydrogen) atoms. The summed E-state index contributed by atoms with van der Waals surface area (Å²) in [7, 11) is 0. The van der Waals surface area contributed by atoms with Gasteiger partial charge in [-0.2, -0.15) is 23.1 Å². The summed E-state index contributed by atoms with van der Waals surface area (Å²) >= 11 is 0. The Hall–Kier alpha value is -3.53. The van der Waals surface area contributed by atoms with Gasteiger partial charge < -0.3 is 0 Å². The number of rotatable bonds is 3. The highest BCUT2D eigenvalue weighted by molar-refractivity contribution is 5.75. The number of hydrogen-bond donors (Lipinski definition) is 1. The summed E-state index contributed by atoms with van der Waals surface area (Å²) in [6, 6.07) is 14.3. The van der Waals surface area contributed by atoms with Crippen molar-refractivity contribution in [1.82, 2.24) is 9.55 Å². The topological polar surface area (TPSA) is 51.9 Å². The smallest absolute Gasteiger partial charge is 0.261 e. The molecule has 0 saturated heterocycles. The fraction of sp³-hybridized carbons (Fsp3) is 0.143. The molecule has 0 aliphatic heterocycles. The number of fused-ring (bicyclic) bond motifs is 1. The Morgan fingerprint density at radius 3 is 2.64 bits per heavy atom. The molecule has 7 heteroatoms. The lowest BCUT2D eigenvalue weighted by Crippen LogP contribution is -2.17. The average molecular weight is 382 g/mol. The minimum atomic E-state index is -4.44. The molecule has 0 amide bonds. The lowest BCUT2D eigenvalue weighted by molar-refractivity contribution is -0.261. The minimum Gasteiger partial charge on any atom is -0.261 e. The van der Waals surface area contributed by atoms with Crippen LogP contribution in [0, 0.1) is 13.1 Å². The first-order valence-corrected chi connectivity index (χ1v) is 8.56. The van der Waals surface area contributed by atoms with Crippen molar-refractivity contribution in [2.24, 2.45) is 0 Å². The van der Waals surface area contributed by atoms with Crippen molar-refractivity contribution in [3.8, 4) is 11.1 Å². The minimum absolute atomic E-state index is 0.333. The molecule has 0 spiro atoms. The van der Waals surface area contributed by atoms with E-state index in [9.17, 15) is 18.0 Å². The van der Waals surface area contributed by atoms with E-state index in [0.29, 0.717) is 28.8 Å². The van der Waals surface area contributed by atoms with Gasteiger partial charge in [0.2, 0.25) is 0 Å². The Morgan fingerprint density at radius 2 is 1.89 bits per heavy atom. The molecule has 4 nitrogen and oxygen atoms in total. The highest BCUT2D eigenvalue weighted by Crippen LogP contribution is 2.32. The molecule has 2 aromatic heterocycles. The van der Waals surface area contributed by atoms with Crippen LogP contribution in [0.25, 0.3) is 22.3 Å². The normalized spacial score (nSPS) is 11.6. The molecule has 2 aromatic carbocycles. The summed E-state index contributed by atoms with van der Waals surface area (Å²) in [6.07, 6.45) is -1.71. The Bertz CT molecular complexity index is 1220. The third-order valence-electron chi connectivity index (χ3n) is 4.66. The zero-order chi connectivity index (χ0) is 19.9. The van der Waals surface area contributed by atoms with Crippen LogP contribution in [0.4, 0.5) is 13.2 Å². The standard InChI is InChI=1S/C21H14F3N3O/c1-13-5-2-3-6-15(13)12-27-18-10-16(11-25-19(18)26-20(27)28)14-7-4-8-17(9-14)21(22,23)24/h2-10H,12H2,1H3/p+1. The second-order valence-electron chi connectivity index (χ2n) is 6.54. The lowest BCUT2D eigenvalue weighted by Gasteiger charge is -2.07. The van der Waals surface area contributed by atoms with Crippen molar-refractivity contribution >= 4 is 11.2 Å². The summed E-state index contributed by atoms with van der Waals surface area (Å²) in [4.78, 5) is 19.2. The molecule has 0 unspecified atom stereocenters. The maximum Gasteiger partial charge on any atom is 0.416 e. The summed E-state index contributed by atoms with van der Waals surface area (Å²) in [6.45, 7) is 2.29. The largest absolute Gasteiger partial charge is 0.416 e. The molecule has 0 saturated carbocycles. The molecule has 0 bridgehead atoms. The Morgan fingerprint density at radius 1 is 1.11 bits per heavy atom. The van der Waals surface area contributed by atoms with Crippen LogP contribution in [0.1, 0.15) is 16.7 Å². The van der Waals surface area contributed by atoms with Crippen LogP contribution in [-0.4, -0.2) is 9.55 Å². The predicted octanol–water partition coefficient (Wildman–Crippen LogP) is 3.77. The van der Waals surface area contributed by atoms with Gasteiger partial charge in [-0.05, 0) is 41.8 Å². The Balaban J connectivity index is 1.81. The molecule has 0 fully saturated rings. The Kier molecular flexibility index (Phi) is 4.19. The van der Waals surface area contributed by atoms with Crippen LogP contribution in [0.2, 0.25) is 0 Å². The van der Waals surface area contributed by atoms with Crippen molar-refractivity contribution in [3.63, 3.8) is 0 Å². The van der Waals surface area contributed by atoms with Gasteiger partial charge in [-0.1, -0.05) is 36.4 Å². The number of aryl methyl sites for hydroxylation is 1. The molecule has 2 heterocycles. The van der Waals surface area contributed by atoms with Crippen molar-refractivity contribution in [3.05, 3.63) is 88.0 Å². The third kappa shape index (κ3) is 3.25. The number of aromatic nitrogens is 3. The van der Waals surface area contributed by atoms with E-state index in [-0.39, 0.29) is 5.69 Å². The number of imidazole rings is 1. The maximum absolute atomic E-state index is 13.0. The fourth-order valence-electron chi connectivity index (χ4n) is 3.11. The van der Waals surface area contributed by atoms with Gasteiger partial charge in [0.1, 0.15) is 0 Å². The van der Waals surface area contributed by atoms with Crippen LogP contribution in [0.15, 0.2) is 59.4 Å². The van der Waals surface area contributed by atoms with Crippen molar-refractivity contribution in [1.29, 1.82) is 0 Å². The number of benzene rings is 2. The van der Waals surface area contributed by atoms with Gasteiger partial charge >= 0.3 is 17.5 Å². The number of alkyl halides is 3. The van der Waals surface area contributed by atoms with Crippen molar-refractivity contribution < 1.29 is 18.2 Å². The molecule has 4 rings (SSSR count). The highest BCUT2D eigenvalue weighted by Gasteiger charge is 2.30. The maximum atomic E-state index is 13.0. The quantitative estimate of drug-likeness (QED) is 0.586. The van der Waals surface area contributed by atoms with Gasteiger partial charge in [0.05, 0.1) is 17.7 Å². The highest BCUT2D eigenvalue weighted by atomic mass is 19.4. The summed E-state index contributed by atoms with van der Waals surface area (Å²) in [5.41, 5.74) is 2.51. The first kappa shape index (κ1) is 17.9. The second-order valence-corrected chi connectivity index (χ2v) is 6.54. The van der Waals surface area contributed by atoms with Gasteiger partial charge in [0, 0.05) is 0 Å². The van der Waals surface area contributed by atoms with E-state index in [1.807, 2.05) is 31.2 Å². The van der Waals surface area contributed by atoms with E-state index < -0.39 is 11.7 Å². The van der Waals surface area contributed by atoms with Crippen LogP contribution < -0.4 is 10.7 Å². The zero-order valence-electron chi connectivity index (χ0n) is 14.8. The molecule has 4 aromatic rings. The molecule has 0 aliphatic carbocycles. The molecule has 0 atom stereocenters. The van der Waals surface area contributed by atoms with Gasteiger partial charge in [-0.3, -0.25) is 4.57 Å². The average Bonchev–Trinajstić information content (AvgIpc) is 2.97. The Labute approximate surface area is 158 Å². The zero-order valence-corrected chi connectivity index (χ0v) is 14.8. The first-order valence-electron chi connectivity index (χ1n) is 8.56. The van der Waals surface area contributed by atoms with E-state index in [1.165, 1.54) is 10.6 Å². The molecule has 0 radical (unpaired) electrons. The van der Waals surface area contributed by atoms with Crippen LogP contribution in [0.3, 0.4) is 0 Å². The summed E-state index contributed by atoms with van der Waals surface area (Å²) < 4.78 is 40.5. The monoisotopic (exact) mass is 382 g/mol. The second kappa shape index (κ2) is 6.57. The number of nitrogens with one attached hydrogen (secondary N) is 1. The number of aromatic amines is 1. The van der Waals surface area contributed by atoms with Crippen LogP contribution >= 0.6 is 0 Å². The number of H-pyrrole nitrogens is 1. The van der Waals surface area contributed by atoms with Gasteiger partial charge in [-0.15, -0.1) is 0 Å². The third-order valence-corrected chi connectivity index (χ3v) is 4.66. The molecular weight excluding hydrogens is 367 g/mol. The van der Waals surface area contributed by atoms with Gasteiger partial charge in [-0.25, -0.2) is 4.79 Å². The lowest BCUT2D eigenvalue weighted by atomic mass is 10.0. The van der Waals surface area contributed by atoms with E-state index in [1.54, 1.807) is 12.1 Å². The van der Waals surface area contributed by atoms with Crippen molar-refractivity contribution in [2.75, 3.05) is 0 Å². The summed E-state index contributed by atoms with van der Waals surface area (Å²) in [5.74, 6) is 0. The van der Waals surface area contributed by atoms with E-state index in [4.69, 9.17) is 0 Å². The van der Waals surface area contributed by atoms with E-state index in [2.05, 4.69) is 16.2 Å². The molecular formula is C21H15F3N3O+. The number of hydrogen-bond acceptors (Lipinski definition) is 1. The predicted molar refractivity (Wildman–Crippen MR) is 97.7 cm³/mol. The van der Waals surface area contributed by atoms with E-state index in [0.717, 1.165) is 23.3 Å². The summed E-state index contributed by atoms with van der Waals surface area (Å²) in [5, 5.41) is 0.